The molecule has 0 radical (unpaired) electrons. The van der Waals surface area contributed by atoms with Crippen molar-refractivity contribution < 1.29 is 13.2 Å². The molecule has 3 aromatic rings. The molecule has 1 aromatic heterocycles. The number of benzene rings is 2. The Labute approximate surface area is 188 Å². The van der Waals surface area contributed by atoms with E-state index in [0.29, 0.717) is 25.3 Å². The molecule has 4 rings (SSSR count). The number of pyridine rings is 1. The SMILES string of the molecule is CCN(CC)S(=O)(=O)c1ccc(N/N=C2\C[C@@H](c3ccccc3)Oc3ccccc32)nc1. The van der Waals surface area contributed by atoms with Crippen molar-refractivity contribution in [1.82, 2.24) is 9.29 Å². The van der Waals surface area contributed by atoms with E-state index < -0.39 is 10.0 Å². The highest BCUT2D eigenvalue weighted by Gasteiger charge is 2.26. The van der Waals surface area contributed by atoms with Crippen molar-refractivity contribution in [2.45, 2.75) is 31.3 Å². The van der Waals surface area contributed by atoms with Gasteiger partial charge in [-0.05, 0) is 29.8 Å². The number of para-hydroxylation sites is 1. The summed E-state index contributed by atoms with van der Waals surface area (Å²) in [5.41, 5.74) is 5.83. The van der Waals surface area contributed by atoms with Gasteiger partial charge in [0, 0.05) is 31.3 Å². The maximum absolute atomic E-state index is 12.6. The third-order valence-corrected chi connectivity index (χ3v) is 7.44. The summed E-state index contributed by atoms with van der Waals surface area (Å²) >= 11 is 0. The zero-order chi connectivity index (χ0) is 22.6. The molecule has 1 aliphatic rings. The lowest BCUT2D eigenvalue weighted by molar-refractivity contribution is 0.206. The van der Waals surface area contributed by atoms with Crippen molar-refractivity contribution in [3.63, 3.8) is 0 Å². The summed E-state index contributed by atoms with van der Waals surface area (Å²) in [6, 6.07) is 21.0. The van der Waals surface area contributed by atoms with Crippen molar-refractivity contribution >= 4 is 21.6 Å². The smallest absolute Gasteiger partial charge is 0.244 e. The first kappa shape index (κ1) is 22.0. The molecule has 7 nitrogen and oxygen atoms in total. The van der Waals surface area contributed by atoms with Crippen LogP contribution in [0.2, 0.25) is 0 Å². The van der Waals surface area contributed by atoms with E-state index in [-0.39, 0.29) is 11.0 Å². The highest BCUT2D eigenvalue weighted by atomic mass is 32.2. The monoisotopic (exact) mass is 450 g/mol. The van der Waals surface area contributed by atoms with Gasteiger partial charge in [-0.15, -0.1) is 0 Å². The number of hydrogen-bond donors (Lipinski definition) is 1. The van der Waals surface area contributed by atoms with Crippen LogP contribution in [-0.2, 0) is 10.0 Å². The first-order chi connectivity index (χ1) is 15.5. The van der Waals surface area contributed by atoms with Crippen LogP contribution in [0.1, 0.15) is 37.5 Å². The molecule has 2 aromatic carbocycles. The van der Waals surface area contributed by atoms with Crippen LogP contribution >= 0.6 is 0 Å². The lowest BCUT2D eigenvalue weighted by Gasteiger charge is -2.27. The summed E-state index contributed by atoms with van der Waals surface area (Å²) in [7, 11) is -3.54. The van der Waals surface area contributed by atoms with Crippen LogP contribution < -0.4 is 10.2 Å². The average Bonchev–Trinajstić information content (AvgIpc) is 2.84. The fourth-order valence-corrected chi connectivity index (χ4v) is 5.09. The summed E-state index contributed by atoms with van der Waals surface area (Å²) in [5, 5.41) is 4.59. The Morgan fingerprint density at radius 1 is 1.03 bits per heavy atom. The van der Waals surface area contributed by atoms with Crippen molar-refractivity contribution in [1.29, 1.82) is 0 Å². The third kappa shape index (κ3) is 4.51. The molecule has 0 amide bonds. The molecule has 2 heterocycles. The third-order valence-electron chi connectivity index (χ3n) is 5.40. The Morgan fingerprint density at radius 3 is 2.44 bits per heavy atom. The van der Waals surface area contributed by atoms with E-state index in [1.165, 1.54) is 10.5 Å². The molecule has 32 heavy (non-hydrogen) atoms. The van der Waals surface area contributed by atoms with Gasteiger partial charge in [-0.3, -0.25) is 5.43 Å². The molecular formula is C24H26N4O3S. The molecule has 166 valence electrons. The maximum atomic E-state index is 12.6. The molecule has 0 unspecified atom stereocenters. The molecule has 1 aliphatic heterocycles. The summed E-state index contributed by atoms with van der Waals surface area (Å²) in [6.07, 6.45) is 1.82. The van der Waals surface area contributed by atoms with Crippen molar-refractivity contribution in [2.24, 2.45) is 5.10 Å². The quantitative estimate of drug-likeness (QED) is 0.538. The Hall–Kier alpha value is -3.23. The normalized spacial score (nSPS) is 17.1. The number of hydrogen-bond acceptors (Lipinski definition) is 6. The van der Waals surface area contributed by atoms with E-state index in [0.717, 1.165) is 22.6 Å². The maximum Gasteiger partial charge on any atom is 0.244 e. The Bertz CT molecular complexity index is 1190. The fourth-order valence-electron chi connectivity index (χ4n) is 3.68. The van der Waals surface area contributed by atoms with E-state index in [2.05, 4.69) is 15.5 Å². The molecule has 0 bridgehead atoms. The van der Waals surface area contributed by atoms with Crippen LogP contribution in [0.25, 0.3) is 0 Å². The van der Waals surface area contributed by atoms with E-state index in [1.54, 1.807) is 12.1 Å². The first-order valence-electron chi connectivity index (χ1n) is 10.6. The average molecular weight is 451 g/mol. The van der Waals surface area contributed by atoms with E-state index in [9.17, 15) is 8.42 Å². The van der Waals surface area contributed by atoms with Crippen LogP contribution in [0.15, 0.2) is 82.9 Å². The molecule has 1 atom stereocenters. The molecule has 0 aliphatic carbocycles. The number of nitrogens with zero attached hydrogens (tertiary/aromatic N) is 3. The minimum atomic E-state index is -3.54. The molecule has 8 heteroatoms. The van der Waals surface area contributed by atoms with E-state index in [1.807, 2.05) is 68.4 Å². The largest absolute Gasteiger partial charge is 0.485 e. The van der Waals surface area contributed by atoms with Crippen molar-refractivity contribution in [2.75, 3.05) is 18.5 Å². The second kappa shape index (κ2) is 9.50. The fraction of sp³-hybridized carbons (Fsp3) is 0.250. The Balaban J connectivity index is 1.57. The Kier molecular flexibility index (Phi) is 6.53. The molecule has 1 N–H and O–H groups in total. The van der Waals surface area contributed by atoms with Crippen LogP contribution in [-0.4, -0.2) is 36.5 Å². The van der Waals surface area contributed by atoms with Crippen LogP contribution in [0, 0.1) is 0 Å². The predicted molar refractivity (Wildman–Crippen MR) is 125 cm³/mol. The number of hydrazone groups is 1. The number of nitrogens with one attached hydrogen (secondary N) is 1. The van der Waals surface area contributed by atoms with Crippen molar-refractivity contribution in [3.05, 3.63) is 84.1 Å². The van der Waals surface area contributed by atoms with Gasteiger partial charge in [0.1, 0.15) is 22.6 Å². The van der Waals surface area contributed by atoms with Gasteiger partial charge in [-0.1, -0.05) is 56.3 Å². The van der Waals surface area contributed by atoms with Gasteiger partial charge in [0.25, 0.3) is 0 Å². The summed E-state index contributed by atoms with van der Waals surface area (Å²) in [5.74, 6) is 1.25. The lowest BCUT2D eigenvalue weighted by Crippen LogP contribution is -2.30. The number of ether oxygens (including phenoxy) is 1. The number of fused-ring (bicyclic) bond motifs is 1. The minimum absolute atomic E-state index is 0.138. The van der Waals surface area contributed by atoms with Crippen LogP contribution in [0.5, 0.6) is 5.75 Å². The number of sulfonamides is 1. The zero-order valence-electron chi connectivity index (χ0n) is 18.1. The van der Waals surface area contributed by atoms with Gasteiger partial charge < -0.3 is 4.74 Å². The van der Waals surface area contributed by atoms with Gasteiger partial charge in [-0.25, -0.2) is 13.4 Å². The van der Waals surface area contributed by atoms with E-state index >= 15 is 0 Å². The zero-order valence-corrected chi connectivity index (χ0v) is 18.9. The van der Waals surface area contributed by atoms with Gasteiger partial charge in [0.15, 0.2) is 0 Å². The summed E-state index contributed by atoms with van der Waals surface area (Å²) in [4.78, 5) is 4.42. The number of aromatic nitrogens is 1. The minimum Gasteiger partial charge on any atom is -0.485 e. The highest BCUT2D eigenvalue weighted by Crippen LogP contribution is 2.35. The molecule has 0 saturated heterocycles. The van der Waals surface area contributed by atoms with Crippen molar-refractivity contribution in [3.8, 4) is 5.75 Å². The predicted octanol–water partition coefficient (Wildman–Crippen LogP) is 4.45. The topological polar surface area (TPSA) is 83.9 Å². The Morgan fingerprint density at radius 2 is 1.75 bits per heavy atom. The second-order valence-corrected chi connectivity index (χ2v) is 9.29. The van der Waals surface area contributed by atoms with E-state index in [4.69, 9.17) is 4.74 Å². The van der Waals surface area contributed by atoms with Crippen LogP contribution in [0.4, 0.5) is 5.82 Å². The number of rotatable bonds is 7. The van der Waals surface area contributed by atoms with Gasteiger partial charge in [0.05, 0.1) is 5.71 Å². The molecule has 0 spiro atoms. The standard InChI is InChI=1S/C24H26N4O3S/c1-3-28(4-2)32(29,30)19-14-15-24(25-17-19)27-26-21-16-23(18-10-6-5-7-11-18)31-22-13-9-8-12-20(21)22/h5-15,17,23H,3-4,16H2,1-2H3,(H,25,27)/b26-21+/t23-/m0/s1. The summed E-state index contributed by atoms with van der Waals surface area (Å²) in [6.45, 7) is 4.46. The van der Waals surface area contributed by atoms with Gasteiger partial charge in [-0.2, -0.15) is 9.41 Å². The molecule has 0 saturated carbocycles. The highest BCUT2D eigenvalue weighted by molar-refractivity contribution is 7.89. The first-order valence-corrected chi connectivity index (χ1v) is 12.1. The lowest BCUT2D eigenvalue weighted by atomic mass is 9.96. The van der Waals surface area contributed by atoms with Gasteiger partial charge in [0.2, 0.25) is 10.0 Å². The number of anilines is 1. The summed E-state index contributed by atoms with van der Waals surface area (Å²) < 4.78 is 32.9. The van der Waals surface area contributed by atoms with Gasteiger partial charge >= 0.3 is 0 Å². The molecule has 0 fully saturated rings. The molecular weight excluding hydrogens is 424 g/mol. The van der Waals surface area contributed by atoms with Crippen LogP contribution in [0.3, 0.4) is 0 Å². The second-order valence-electron chi connectivity index (χ2n) is 7.36.